The summed E-state index contributed by atoms with van der Waals surface area (Å²) in [6, 6.07) is 9.98. The molecule has 0 bridgehead atoms. The van der Waals surface area contributed by atoms with Crippen molar-refractivity contribution in [1.29, 1.82) is 0 Å². The van der Waals surface area contributed by atoms with Gasteiger partial charge in [0.1, 0.15) is 0 Å². The van der Waals surface area contributed by atoms with Crippen molar-refractivity contribution in [2.45, 2.75) is 11.7 Å². The van der Waals surface area contributed by atoms with Crippen LogP contribution >= 0.6 is 12.6 Å². The predicted octanol–water partition coefficient (Wildman–Crippen LogP) is 2.04. The van der Waals surface area contributed by atoms with Crippen molar-refractivity contribution in [2.24, 2.45) is 0 Å². The maximum atomic E-state index is 8.65. The number of rotatable bonds is 3. The lowest BCUT2D eigenvalue weighted by atomic mass is 10.1. The Morgan fingerprint density at radius 3 is 2.45 bits per heavy atom. The molecular weight excluding hydrogens is 156 g/mol. The number of hydrogen-bond donors (Lipinski definition) is 2. The SMILES string of the molecule is OCC[C@H](S)c1ccccc1. The average molecular weight is 168 g/mol. The highest BCUT2D eigenvalue weighted by atomic mass is 32.1. The number of hydrogen-bond acceptors (Lipinski definition) is 2. The maximum Gasteiger partial charge on any atom is 0.0444 e. The van der Waals surface area contributed by atoms with Gasteiger partial charge in [0.2, 0.25) is 0 Å². The number of thiol groups is 1. The van der Waals surface area contributed by atoms with E-state index in [4.69, 9.17) is 5.11 Å². The lowest BCUT2D eigenvalue weighted by Gasteiger charge is -2.07. The summed E-state index contributed by atoms with van der Waals surface area (Å²) in [5.41, 5.74) is 1.17. The Morgan fingerprint density at radius 1 is 1.27 bits per heavy atom. The molecule has 1 aromatic carbocycles. The average Bonchev–Trinajstić information content (AvgIpc) is 2.07. The van der Waals surface area contributed by atoms with E-state index in [1.807, 2.05) is 30.3 Å². The molecule has 1 nitrogen and oxygen atoms in total. The highest BCUT2D eigenvalue weighted by molar-refractivity contribution is 7.80. The summed E-state index contributed by atoms with van der Waals surface area (Å²) in [6.45, 7) is 0.197. The van der Waals surface area contributed by atoms with Crippen LogP contribution in [0.1, 0.15) is 17.2 Å². The van der Waals surface area contributed by atoms with E-state index in [1.165, 1.54) is 5.56 Å². The molecule has 60 valence electrons. The van der Waals surface area contributed by atoms with Crippen LogP contribution in [0.4, 0.5) is 0 Å². The zero-order valence-corrected chi connectivity index (χ0v) is 7.17. The molecule has 0 aliphatic rings. The highest BCUT2D eigenvalue weighted by Crippen LogP contribution is 2.22. The fourth-order valence-corrected chi connectivity index (χ4v) is 1.25. The van der Waals surface area contributed by atoms with Gasteiger partial charge in [-0.15, -0.1) is 0 Å². The number of benzene rings is 1. The smallest absolute Gasteiger partial charge is 0.0444 e. The lowest BCUT2D eigenvalue weighted by Crippen LogP contribution is -1.93. The molecule has 1 aromatic rings. The molecule has 0 aliphatic carbocycles. The van der Waals surface area contributed by atoms with Gasteiger partial charge in [-0.3, -0.25) is 0 Å². The van der Waals surface area contributed by atoms with Crippen molar-refractivity contribution in [3.8, 4) is 0 Å². The summed E-state index contributed by atoms with van der Waals surface area (Å²) in [6.07, 6.45) is 0.715. The summed E-state index contributed by atoms with van der Waals surface area (Å²) >= 11 is 4.34. The van der Waals surface area contributed by atoms with E-state index < -0.39 is 0 Å². The van der Waals surface area contributed by atoms with Crippen LogP contribution in [0.5, 0.6) is 0 Å². The zero-order valence-electron chi connectivity index (χ0n) is 6.27. The minimum atomic E-state index is 0.168. The molecule has 0 amide bonds. The molecule has 1 atom stereocenters. The van der Waals surface area contributed by atoms with Crippen LogP contribution in [0.2, 0.25) is 0 Å². The van der Waals surface area contributed by atoms with E-state index in [0.29, 0.717) is 6.42 Å². The van der Waals surface area contributed by atoms with Gasteiger partial charge in [-0.05, 0) is 12.0 Å². The van der Waals surface area contributed by atoms with Gasteiger partial charge in [-0.1, -0.05) is 30.3 Å². The highest BCUT2D eigenvalue weighted by Gasteiger charge is 2.02. The van der Waals surface area contributed by atoms with Gasteiger partial charge in [-0.25, -0.2) is 0 Å². The summed E-state index contributed by atoms with van der Waals surface area (Å²) < 4.78 is 0. The largest absolute Gasteiger partial charge is 0.396 e. The predicted molar refractivity (Wildman–Crippen MR) is 49.9 cm³/mol. The molecule has 0 aromatic heterocycles. The summed E-state index contributed by atoms with van der Waals surface area (Å²) in [7, 11) is 0. The molecule has 0 radical (unpaired) electrons. The van der Waals surface area contributed by atoms with Crippen LogP contribution in [0, 0.1) is 0 Å². The standard InChI is InChI=1S/C9H12OS/c10-7-6-9(11)8-4-2-1-3-5-8/h1-5,9-11H,6-7H2/t9-/m0/s1. The number of aliphatic hydroxyl groups is 1. The fraction of sp³-hybridized carbons (Fsp3) is 0.333. The molecule has 11 heavy (non-hydrogen) atoms. The quantitative estimate of drug-likeness (QED) is 0.662. The van der Waals surface area contributed by atoms with Crippen LogP contribution in [0.25, 0.3) is 0 Å². The van der Waals surface area contributed by atoms with Gasteiger partial charge < -0.3 is 5.11 Å². The third-order valence-corrected chi connectivity index (χ3v) is 2.14. The molecule has 2 heteroatoms. The normalized spacial score (nSPS) is 12.9. The van der Waals surface area contributed by atoms with Crippen molar-refractivity contribution in [3.05, 3.63) is 35.9 Å². The Balaban J connectivity index is 2.61. The first-order chi connectivity index (χ1) is 5.34. The molecule has 0 saturated carbocycles. The Hall–Kier alpha value is -0.470. The second-order valence-corrected chi connectivity index (χ2v) is 3.06. The van der Waals surface area contributed by atoms with E-state index >= 15 is 0 Å². The van der Waals surface area contributed by atoms with Crippen LogP contribution in [0.15, 0.2) is 30.3 Å². The summed E-state index contributed by atoms with van der Waals surface area (Å²) in [5.74, 6) is 0. The van der Waals surface area contributed by atoms with Crippen molar-refractivity contribution in [1.82, 2.24) is 0 Å². The first kappa shape index (κ1) is 8.62. The molecule has 0 unspecified atom stereocenters. The van der Waals surface area contributed by atoms with Gasteiger partial charge >= 0.3 is 0 Å². The molecular formula is C9H12OS. The van der Waals surface area contributed by atoms with E-state index in [2.05, 4.69) is 12.6 Å². The van der Waals surface area contributed by atoms with Gasteiger partial charge in [0.05, 0.1) is 0 Å². The van der Waals surface area contributed by atoms with Crippen molar-refractivity contribution in [3.63, 3.8) is 0 Å². The molecule has 0 spiro atoms. The van der Waals surface area contributed by atoms with Crippen molar-refractivity contribution in [2.75, 3.05) is 6.61 Å². The fourth-order valence-electron chi connectivity index (χ4n) is 0.964. The third kappa shape index (κ3) is 2.56. The molecule has 1 N–H and O–H groups in total. The minimum absolute atomic E-state index is 0.168. The van der Waals surface area contributed by atoms with Crippen molar-refractivity contribution >= 4 is 12.6 Å². The van der Waals surface area contributed by atoms with Crippen molar-refractivity contribution < 1.29 is 5.11 Å². The molecule has 0 fully saturated rings. The van der Waals surface area contributed by atoms with Gasteiger partial charge in [0.15, 0.2) is 0 Å². The summed E-state index contributed by atoms with van der Waals surface area (Å²) in [4.78, 5) is 0. The molecule has 1 rings (SSSR count). The van der Waals surface area contributed by atoms with Crippen LogP contribution in [0.3, 0.4) is 0 Å². The lowest BCUT2D eigenvalue weighted by molar-refractivity contribution is 0.287. The number of aliphatic hydroxyl groups excluding tert-OH is 1. The Kier molecular flexibility index (Phi) is 3.46. The first-order valence-corrected chi connectivity index (χ1v) is 4.20. The van der Waals surface area contributed by atoms with Gasteiger partial charge in [0.25, 0.3) is 0 Å². The zero-order chi connectivity index (χ0) is 8.10. The van der Waals surface area contributed by atoms with E-state index in [-0.39, 0.29) is 11.9 Å². The Labute approximate surface area is 72.5 Å². The van der Waals surface area contributed by atoms with Gasteiger partial charge in [0, 0.05) is 11.9 Å². The minimum Gasteiger partial charge on any atom is -0.396 e. The molecule has 0 saturated heterocycles. The Morgan fingerprint density at radius 2 is 1.91 bits per heavy atom. The van der Waals surface area contributed by atoms with E-state index in [1.54, 1.807) is 0 Å². The topological polar surface area (TPSA) is 20.2 Å². The van der Waals surface area contributed by atoms with E-state index in [0.717, 1.165) is 0 Å². The monoisotopic (exact) mass is 168 g/mol. The molecule has 0 heterocycles. The first-order valence-electron chi connectivity index (χ1n) is 3.68. The maximum absolute atomic E-state index is 8.65. The van der Waals surface area contributed by atoms with Crippen LogP contribution < -0.4 is 0 Å². The summed E-state index contributed by atoms with van der Waals surface area (Å²) in [5, 5.41) is 8.82. The van der Waals surface area contributed by atoms with E-state index in [9.17, 15) is 0 Å². The van der Waals surface area contributed by atoms with Crippen LogP contribution in [-0.4, -0.2) is 11.7 Å². The van der Waals surface area contributed by atoms with Crippen LogP contribution in [-0.2, 0) is 0 Å². The van der Waals surface area contributed by atoms with Gasteiger partial charge in [-0.2, -0.15) is 12.6 Å². The Bertz CT molecular complexity index is 198. The molecule has 0 aliphatic heterocycles. The second-order valence-electron chi connectivity index (χ2n) is 2.44. The second kappa shape index (κ2) is 4.42. The third-order valence-electron chi connectivity index (χ3n) is 1.59.